The minimum atomic E-state index is -0.827. The second kappa shape index (κ2) is 8.68. The molecule has 0 saturated heterocycles. The number of carboxylic acid groups (broad SMARTS) is 1. The van der Waals surface area contributed by atoms with Crippen LogP contribution in [-0.2, 0) is 14.3 Å². The lowest BCUT2D eigenvalue weighted by Crippen LogP contribution is -2.43. The van der Waals surface area contributed by atoms with Crippen LogP contribution in [0.25, 0.3) is 0 Å². The molecule has 0 atom stereocenters. The predicted octanol–water partition coefficient (Wildman–Crippen LogP) is 3.22. The fraction of sp³-hybridized carbons (Fsp3) is 0.556. The van der Waals surface area contributed by atoms with Crippen LogP contribution >= 0.6 is 0 Å². The Labute approximate surface area is 142 Å². The predicted molar refractivity (Wildman–Crippen MR) is 90.3 cm³/mol. The SMILES string of the molecule is CCOC1(C(=O)Nc2ccc(OCCCC(=O)O)cc2)CCCC1. The van der Waals surface area contributed by atoms with Crippen molar-refractivity contribution in [1.82, 2.24) is 0 Å². The van der Waals surface area contributed by atoms with Gasteiger partial charge in [-0.15, -0.1) is 0 Å². The molecule has 0 spiro atoms. The van der Waals surface area contributed by atoms with Crippen molar-refractivity contribution in [2.45, 2.75) is 51.0 Å². The van der Waals surface area contributed by atoms with E-state index in [0.717, 1.165) is 25.7 Å². The van der Waals surface area contributed by atoms with Crippen LogP contribution in [0.5, 0.6) is 5.75 Å². The molecule has 0 aliphatic heterocycles. The summed E-state index contributed by atoms with van der Waals surface area (Å²) in [5, 5.41) is 11.5. The Morgan fingerprint density at radius 1 is 1.21 bits per heavy atom. The number of hydrogen-bond donors (Lipinski definition) is 2. The first-order valence-corrected chi connectivity index (χ1v) is 8.46. The Kier molecular flexibility index (Phi) is 6.61. The summed E-state index contributed by atoms with van der Waals surface area (Å²) >= 11 is 0. The van der Waals surface area contributed by atoms with E-state index in [2.05, 4.69) is 5.32 Å². The van der Waals surface area contributed by atoms with Gasteiger partial charge < -0.3 is 19.9 Å². The van der Waals surface area contributed by atoms with Crippen molar-refractivity contribution in [1.29, 1.82) is 0 Å². The van der Waals surface area contributed by atoms with Gasteiger partial charge in [-0.25, -0.2) is 0 Å². The Hall–Kier alpha value is -2.08. The normalized spacial score (nSPS) is 15.9. The van der Waals surface area contributed by atoms with E-state index in [-0.39, 0.29) is 12.3 Å². The number of amides is 1. The third-order valence-electron chi connectivity index (χ3n) is 4.16. The summed E-state index contributed by atoms with van der Waals surface area (Å²) in [7, 11) is 0. The van der Waals surface area contributed by atoms with Crippen molar-refractivity contribution in [2.75, 3.05) is 18.5 Å². The number of hydrogen-bond acceptors (Lipinski definition) is 4. The molecule has 1 fully saturated rings. The average molecular weight is 335 g/mol. The molecule has 0 heterocycles. The number of ether oxygens (including phenoxy) is 2. The molecule has 1 aliphatic rings. The highest BCUT2D eigenvalue weighted by Crippen LogP contribution is 2.34. The lowest BCUT2D eigenvalue weighted by Gasteiger charge is -2.27. The third-order valence-corrected chi connectivity index (χ3v) is 4.16. The molecule has 24 heavy (non-hydrogen) atoms. The Morgan fingerprint density at radius 3 is 2.46 bits per heavy atom. The summed E-state index contributed by atoms with van der Waals surface area (Å²) in [5.41, 5.74) is 0.00433. The lowest BCUT2D eigenvalue weighted by atomic mass is 10.0. The van der Waals surface area contributed by atoms with Gasteiger partial charge in [-0.2, -0.15) is 0 Å². The van der Waals surface area contributed by atoms with Crippen molar-refractivity contribution in [3.8, 4) is 5.75 Å². The Balaban J connectivity index is 1.86. The van der Waals surface area contributed by atoms with Crippen molar-refractivity contribution >= 4 is 17.6 Å². The number of rotatable bonds is 9. The van der Waals surface area contributed by atoms with Crippen molar-refractivity contribution in [3.63, 3.8) is 0 Å². The highest BCUT2D eigenvalue weighted by molar-refractivity contribution is 5.97. The molecule has 0 aromatic heterocycles. The van der Waals surface area contributed by atoms with Gasteiger partial charge in [0.05, 0.1) is 6.61 Å². The fourth-order valence-corrected chi connectivity index (χ4v) is 2.95. The molecule has 1 aromatic rings. The van der Waals surface area contributed by atoms with Gasteiger partial charge in [0.25, 0.3) is 5.91 Å². The number of benzene rings is 1. The highest BCUT2D eigenvalue weighted by atomic mass is 16.5. The zero-order chi connectivity index (χ0) is 17.4. The van der Waals surface area contributed by atoms with Crippen LogP contribution in [0.2, 0.25) is 0 Å². The van der Waals surface area contributed by atoms with E-state index in [1.807, 2.05) is 6.92 Å². The lowest BCUT2D eigenvalue weighted by molar-refractivity contribution is -0.140. The van der Waals surface area contributed by atoms with Crippen LogP contribution in [0, 0.1) is 0 Å². The zero-order valence-corrected chi connectivity index (χ0v) is 14.0. The van der Waals surface area contributed by atoms with E-state index >= 15 is 0 Å². The largest absolute Gasteiger partial charge is 0.494 e. The van der Waals surface area contributed by atoms with E-state index in [4.69, 9.17) is 14.6 Å². The molecule has 1 aliphatic carbocycles. The quantitative estimate of drug-likeness (QED) is 0.677. The molecule has 6 nitrogen and oxygen atoms in total. The van der Waals surface area contributed by atoms with Crippen LogP contribution < -0.4 is 10.1 Å². The van der Waals surface area contributed by atoms with Gasteiger partial charge in [0, 0.05) is 18.7 Å². The monoisotopic (exact) mass is 335 g/mol. The molecule has 1 amide bonds. The average Bonchev–Trinajstić information content (AvgIpc) is 3.03. The summed E-state index contributed by atoms with van der Waals surface area (Å²) in [6, 6.07) is 7.08. The number of carbonyl (C=O) groups excluding carboxylic acids is 1. The summed E-state index contributed by atoms with van der Waals surface area (Å²) in [6.07, 6.45) is 4.10. The fourth-order valence-electron chi connectivity index (χ4n) is 2.95. The van der Waals surface area contributed by atoms with E-state index in [9.17, 15) is 9.59 Å². The molecular formula is C18H25NO5. The second-order valence-corrected chi connectivity index (χ2v) is 5.96. The second-order valence-electron chi connectivity index (χ2n) is 5.96. The first kappa shape index (κ1) is 18.3. The topological polar surface area (TPSA) is 84.9 Å². The Morgan fingerprint density at radius 2 is 1.88 bits per heavy atom. The molecule has 1 saturated carbocycles. The van der Waals surface area contributed by atoms with Crippen LogP contribution in [0.3, 0.4) is 0 Å². The minimum Gasteiger partial charge on any atom is -0.494 e. The molecule has 132 valence electrons. The number of carbonyl (C=O) groups is 2. The van der Waals surface area contributed by atoms with Gasteiger partial charge in [0.15, 0.2) is 0 Å². The molecule has 0 unspecified atom stereocenters. The number of anilines is 1. The number of carboxylic acids is 1. The standard InChI is InChI=1S/C18H25NO5/c1-2-24-18(11-3-4-12-18)17(22)19-14-7-9-15(10-8-14)23-13-5-6-16(20)21/h7-10H,2-6,11-13H2,1H3,(H,19,22)(H,20,21). The minimum absolute atomic E-state index is 0.0861. The maximum absolute atomic E-state index is 12.6. The maximum atomic E-state index is 12.6. The van der Waals surface area contributed by atoms with Crippen LogP contribution in [-0.4, -0.2) is 35.8 Å². The first-order valence-electron chi connectivity index (χ1n) is 8.46. The van der Waals surface area contributed by atoms with E-state index in [1.165, 1.54) is 0 Å². The van der Waals surface area contributed by atoms with E-state index in [0.29, 0.717) is 31.1 Å². The maximum Gasteiger partial charge on any atom is 0.303 e. The van der Waals surface area contributed by atoms with Gasteiger partial charge in [-0.1, -0.05) is 0 Å². The molecule has 6 heteroatoms. The van der Waals surface area contributed by atoms with Gasteiger partial charge >= 0.3 is 5.97 Å². The first-order chi connectivity index (χ1) is 11.6. The molecule has 0 bridgehead atoms. The van der Waals surface area contributed by atoms with E-state index < -0.39 is 11.6 Å². The van der Waals surface area contributed by atoms with Crippen molar-refractivity contribution in [3.05, 3.63) is 24.3 Å². The molecule has 2 N–H and O–H groups in total. The Bertz CT molecular complexity index is 549. The van der Waals surface area contributed by atoms with E-state index in [1.54, 1.807) is 24.3 Å². The van der Waals surface area contributed by atoms with Gasteiger partial charge in [0.1, 0.15) is 11.4 Å². The van der Waals surface area contributed by atoms with Crippen LogP contribution in [0.1, 0.15) is 45.4 Å². The van der Waals surface area contributed by atoms with Gasteiger partial charge in [-0.3, -0.25) is 9.59 Å². The van der Waals surface area contributed by atoms with Crippen LogP contribution in [0.4, 0.5) is 5.69 Å². The van der Waals surface area contributed by atoms with Crippen molar-refractivity contribution in [2.24, 2.45) is 0 Å². The molecule has 2 rings (SSSR count). The summed E-state index contributed by atoms with van der Waals surface area (Å²) < 4.78 is 11.2. The molecule has 1 aromatic carbocycles. The van der Waals surface area contributed by atoms with Crippen molar-refractivity contribution < 1.29 is 24.2 Å². The summed E-state index contributed by atoms with van der Waals surface area (Å²) in [4.78, 5) is 23.0. The zero-order valence-electron chi connectivity index (χ0n) is 14.0. The number of aliphatic carboxylic acids is 1. The smallest absolute Gasteiger partial charge is 0.303 e. The summed E-state index contributed by atoms with van der Waals surface area (Å²) in [6.45, 7) is 2.78. The van der Waals surface area contributed by atoms with Gasteiger partial charge in [0.2, 0.25) is 0 Å². The molecular weight excluding hydrogens is 310 g/mol. The number of nitrogens with one attached hydrogen (secondary N) is 1. The van der Waals surface area contributed by atoms with Gasteiger partial charge in [-0.05, 0) is 63.3 Å². The third kappa shape index (κ3) is 4.96. The highest BCUT2D eigenvalue weighted by Gasteiger charge is 2.41. The molecule has 0 radical (unpaired) electrons. The van der Waals surface area contributed by atoms with Crippen LogP contribution in [0.15, 0.2) is 24.3 Å². The summed E-state index contributed by atoms with van der Waals surface area (Å²) in [5.74, 6) is -0.262.